The average Bonchev–Trinajstić information content (AvgIpc) is 1.82. The van der Waals surface area contributed by atoms with Crippen LogP contribution >= 0.6 is 0 Å². The summed E-state index contributed by atoms with van der Waals surface area (Å²) in [6, 6.07) is 0. The van der Waals surface area contributed by atoms with Gasteiger partial charge in [0.1, 0.15) is 0 Å². The maximum Gasteiger partial charge on any atom is 0.0270 e. The van der Waals surface area contributed by atoms with Gasteiger partial charge in [-0.2, -0.15) is 0 Å². The third-order valence-corrected chi connectivity index (χ3v) is 1.05. The van der Waals surface area contributed by atoms with Crippen molar-refractivity contribution in [2.75, 3.05) is 0 Å². The Hall–Kier alpha value is -0.980. The van der Waals surface area contributed by atoms with E-state index in [1.807, 2.05) is 32.1 Å². The van der Waals surface area contributed by atoms with Crippen LogP contribution in [0.2, 0.25) is 0 Å². The van der Waals surface area contributed by atoms with Crippen LogP contribution in [0, 0.1) is 0 Å². The first-order chi connectivity index (χ1) is 4.18. The second-order valence-corrected chi connectivity index (χ2v) is 1.90. The zero-order chi connectivity index (χ0) is 7.28. The number of hydrogen-bond donors (Lipinski definition) is 1. The van der Waals surface area contributed by atoms with Crippen LogP contribution in [0.15, 0.2) is 36.1 Å². The van der Waals surface area contributed by atoms with Gasteiger partial charge in [-0.3, -0.25) is 0 Å². The van der Waals surface area contributed by atoms with E-state index in [1.54, 1.807) is 0 Å². The lowest BCUT2D eigenvalue weighted by Crippen LogP contribution is -1.94. The van der Waals surface area contributed by atoms with Gasteiger partial charge >= 0.3 is 0 Å². The van der Waals surface area contributed by atoms with Crippen LogP contribution in [0.1, 0.15) is 13.8 Å². The number of hydrogen-bond acceptors (Lipinski definition) is 1. The topological polar surface area (TPSA) is 26.0 Å². The van der Waals surface area contributed by atoms with Crippen molar-refractivity contribution in [3.8, 4) is 0 Å². The summed E-state index contributed by atoms with van der Waals surface area (Å²) in [5.41, 5.74) is 7.03. The third kappa shape index (κ3) is 3.59. The molecule has 0 aliphatic heterocycles. The fraction of sp³-hybridized carbons (Fsp3) is 0.250. The highest BCUT2D eigenvalue weighted by Crippen LogP contribution is 1.98. The molecule has 0 radical (unpaired) electrons. The standard InChI is InChI=1S/C8H13N/c1-4-5-6-7(2)8(3)9/h4-6H,3,9H2,1-2H3/b5-4-,7-6+. The lowest BCUT2D eigenvalue weighted by atomic mass is 10.2. The van der Waals surface area contributed by atoms with Gasteiger partial charge in [0.2, 0.25) is 0 Å². The molecule has 0 fully saturated rings. The van der Waals surface area contributed by atoms with Crippen LogP contribution in [0.3, 0.4) is 0 Å². The Morgan fingerprint density at radius 2 is 2.11 bits per heavy atom. The molecule has 0 unspecified atom stereocenters. The van der Waals surface area contributed by atoms with Gasteiger partial charge in [0, 0.05) is 5.70 Å². The molecule has 0 aromatic heterocycles. The quantitative estimate of drug-likeness (QED) is 0.558. The molecule has 0 aliphatic rings. The van der Waals surface area contributed by atoms with Gasteiger partial charge in [-0.15, -0.1) is 0 Å². The molecule has 0 amide bonds. The minimum Gasteiger partial charge on any atom is -0.399 e. The molecule has 0 spiro atoms. The van der Waals surface area contributed by atoms with Crippen molar-refractivity contribution in [2.45, 2.75) is 13.8 Å². The van der Waals surface area contributed by atoms with E-state index in [0.717, 1.165) is 5.57 Å². The van der Waals surface area contributed by atoms with Crippen molar-refractivity contribution in [1.29, 1.82) is 0 Å². The van der Waals surface area contributed by atoms with Gasteiger partial charge in [-0.1, -0.05) is 24.8 Å². The highest BCUT2D eigenvalue weighted by Gasteiger charge is 1.83. The molecule has 9 heavy (non-hydrogen) atoms. The molecule has 0 atom stereocenters. The van der Waals surface area contributed by atoms with Crippen molar-refractivity contribution < 1.29 is 0 Å². The van der Waals surface area contributed by atoms with Gasteiger partial charge in [-0.25, -0.2) is 0 Å². The molecule has 50 valence electrons. The Kier molecular flexibility index (Phi) is 3.52. The molecule has 0 rings (SSSR count). The summed E-state index contributed by atoms with van der Waals surface area (Å²) in [5, 5.41) is 0. The van der Waals surface area contributed by atoms with E-state index in [1.165, 1.54) is 0 Å². The molecule has 0 saturated heterocycles. The van der Waals surface area contributed by atoms with Crippen molar-refractivity contribution in [2.24, 2.45) is 5.73 Å². The summed E-state index contributed by atoms with van der Waals surface area (Å²) in [5.74, 6) is 0. The van der Waals surface area contributed by atoms with Crippen molar-refractivity contribution in [3.05, 3.63) is 36.1 Å². The Morgan fingerprint density at radius 3 is 2.44 bits per heavy atom. The number of rotatable bonds is 2. The van der Waals surface area contributed by atoms with Crippen molar-refractivity contribution >= 4 is 0 Å². The summed E-state index contributed by atoms with van der Waals surface area (Å²) in [4.78, 5) is 0. The minimum absolute atomic E-state index is 0.633. The largest absolute Gasteiger partial charge is 0.399 e. The first-order valence-electron chi connectivity index (χ1n) is 2.92. The molecule has 0 aliphatic carbocycles. The normalized spacial score (nSPS) is 12.4. The van der Waals surface area contributed by atoms with Crippen LogP contribution in [0.5, 0.6) is 0 Å². The molecule has 1 heteroatoms. The Balaban J connectivity index is 4.00. The van der Waals surface area contributed by atoms with Crippen LogP contribution < -0.4 is 5.73 Å². The zero-order valence-corrected chi connectivity index (χ0v) is 6.02. The second kappa shape index (κ2) is 3.96. The van der Waals surface area contributed by atoms with Gasteiger partial charge in [0.05, 0.1) is 0 Å². The molecule has 1 nitrogen and oxygen atoms in total. The minimum atomic E-state index is 0.633. The smallest absolute Gasteiger partial charge is 0.0270 e. The highest BCUT2D eigenvalue weighted by atomic mass is 14.6. The fourth-order valence-electron chi connectivity index (χ4n) is 0.348. The van der Waals surface area contributed by atoms with Crippen LogP contribution in [-0.4, -0.2) is 0 Å². The highest BCUT2D eigenvalue weighted by molar-refractivity contribution is 5.26. The molecule has 0 bridgehead atoms. The van der Waals surface area contributed by atoms with E-state index in [0.29, 0.717) is 5.70 Å². The predicted molar refractivity (Wildman–Crippen MR) is 41.9 cm³/mol. The van der Waals surface area contributed by atoms with E-state index in [9.17, 15) is 0 Å². The zero-order valence-electron chi connectivity index (χ0n) is 6.02. The van der Waals surface area contributed by atoms with Crippen LogP contribution in [0.25, 0.3) is 0 Å². The Morgan fingerprint density at radius 1 is 1.56 bits per heavy atom. The van der Waals surface area contributed by atoms with Gasteiger partial charge in [0.15, 0.2) is 0 Å². The van der Waals surface area contributed by atoms with E-state index < -0.39 is 0 Å². The fourth-order valence-corrected chi connectivity index (χ4v) is 0.348. The second-order valence-electron chi connectivity index (χ2n) is 1.90. The lowest BCUT2D eigenvalue weighted by molar-refractivity contribution is 1.31. The Bertz CT molecular complexity index is 152. The Labute approximate surface area is 56.6 Å². The van der Waals surface area contributed by atoms with Crippen molar-refractivity contribution in [3.63, 3.8) is 0 Å². The first-order valence-corrected chi connectivity index (χ1v) is 2.92. The third-order valence-electron chi connectivity index (χ3n) is 1.05. The number of nitrogens with two attached hydrogens (primary N) is 1. The van der Waals surface area contributed by atoms with Gasteiger partial charge < -0.3 is 5.73 Å². The summed E-state index contributed by atoms with van der Waals surface area (Å²) >= 11 is 0. The molecule has 0 aromatic carbocycles. The van der Waals surface area contributed by atoms with E-state index in [-0.39, 0.29) is 0 Å². The molecular formula is C8H13N. The summed E-state index contributed by atoms with van der Waals surface area (Å²) in [6.45, 7) is 7.48. The SMILES string of the molecule is C=C(N)/C(C)=C/C=C\C. The van der Waals surface area contributed by atoms with Crippen molar-refractivity contribution in [1.82, 2.24) is 0 Å². The maximum absolute atomic E-state index is 5.38. The maximum atomic E-state index is 5.38. The molecule has 2 N–H and O–H groups in total. The van der Waals surface area contributed by atoms with Gasteiger partial charge in [-0.05, 0) is 19.4 Å². The van der Waals surface area contributed by atoms with Crippen LogP contribution in [-0.2, 0) is 0 Å². The van der Waals surface area contributed by atoms with E-state index >= 15 is 0 Å². The summed E-state index contributed by atoms with van der Waals surface area (Å²) < 4.78 is 0. The van der Waals surface area contributed by atoms with Crippen LogP contribution in [0.4, 0.5) is 0 Å². The molecule has 0 aromatic rings. The molecular weight excluding hydrogens is 110 g/mol. The summed E-state index contributed by atoms with van der Waals surface area (Å²) in [7, 11) is 0. The van der Waals surface area contributed by atoms with Gasteiger partial charge in [0.25, 0.3) is 0 Å². The summed E-state index contributed by atoms with van der Waals surface area (Å²) in [6.07, 6.45) is 5.82. The monoisotopic (exact) mass is 123 g/mol. The average molecular weight is 123 g/mol. The molecule has 0 heterocycles. The first kappa shape index (κ1) is 8.02. The number of allylic oxidation sites excluding steroid dienone is 4. The van der Waals surface area contributed by atoms with E-state index in [4.69, 9.17) is 5.73 Å². The van der Waals surface area contributed by atoms with E-state index in [2.05, 4.69) is 6.58 Å². The predicted octanol–water partition coefficient (Wildman–Crippen LogP) is 1.98. The molecule has 0 saturated carbocycles. The lowest BCUT2D eigenvalue weighted by Gasteiger charge is -1.93.